The summed E-state index contributed by atoms with van der Waals surface area (Å²) >= 11 is 0. The third-order valence-corrected chi connectivity index (χ3v) is 6.87. The summed E-state index contributed by atoms with van der Waals surface area (Å²) in [4.78, 5) is 27.8. The van der Waals surface area contributed by atoms with Crippen LogP contribution in [0.1, 0.15) is 47.2 Å². The first-order valence-corrected chi connectivity index (χ1v) is 11.4. The van der Waals surface area contributed by atoms with Gasteiger partial charge in [-0.25, -0.2) is 4.39 Å². The first kappa shape index (κ1) is 22.5. The Balaban J connectivity index is 1.41. The van der Waals surface area contributed by atoms with Gasteiger partial charge in [-0.3, -0.25) is 9.59 Å². The Labute approximate surface area is 188 Å². The molecule has 2 aliphatic heterocycles. The topological polar surface area (TPSA) is 58.6 Å². The Morgan fingerprint density at radius 3 is 2.62 bits per heavy atom. The Morgan fingerprint density at radius 2 is 1.91 bits per heavy atom. The van der Waals surface area contributed by atoms with Crippen molar-refractivity contribution in [3.8, 4) is 0 Å². The fourth-order valence-corrected chi connectivity index (χ4v) is 4.80. The molecular weight excluding hydrogens is 407 g/mol. The number of amides is 2. The van der Waals surface area contributed by atoms with Gasteiger partial charge in [0.15, 0.2) is 0 Å². The van der Waals surface area contributed by atoms with Crippen LogP contribution in [0.3, 0.4) is 0 Å². The van der Waals surface area contributed by atoms with Crippen LogP contribution in [-0.2, 0) is 14.9 Å². The molecule has 4 rings (SSSR count). The highest BCUT2D eigenvalue weighted by Crippen LogP contribution is 2.35. The van der Waals surface area contributed by atoms with Crippen molar-refractivity contribution in [2.24, 2.45) is 5.92 Å². The SMILES string of the molecule is Cc1ccc(C(=O)N2CCCC(C(=O)NCC3(c4cccc(F)c4)CCOCC3)C2)cc1. The van der Waals surface area contributed by atoms with Gasteiger partial charge in [0, 0.05) is 43.8 Å². The average molecular weight is 439 g/mol. The van der Waals surface area contributed by atoms with Gasteiger partial charge < -0.3 is 15.0 Å². The van der Waals surface area contributed by atoms with Crippen LogP contribution in [0, 0.1) is 18.7 Å². The molecule has 0 bridgehead atoms. The van der Waals surface area contributed by atoms with Crippen molar-refractivity contribution in [1.82, 2.24) is 10.2 Å². The summed E-state index contributed by atoms with van der Waals surface area (Å²) in [5.41, 5.74) is 2.34. The quantitative estimate of drug-likeness (QED) is 0.772. The molecule has 0 aromatic heterocycles. The van der Waals surface area contributed by atoms with E-state index in [4.69, 9.17) is 4.74 Å². The average Bonchev–Trinajstić information content (AvgIpc) is 2.83. The summed E-state index contributed by atoms with van der Waals surface area (Å²) in [6.45, 7) is 4.71. The molecule has 2 heterocycles. The molecule has 2 aromatic rings. The second-order valence-corrected chi connectivity index (χ2v) is 9.08. The van der Waals surface area contributed by atoms with E-state index >= 15 is 0 Å². The van der Waals surface area contributed by atoms with E-state index in [1.54, 1.807) is 17.0 Å². The maximum absolute atomic E-state index is 13.9. The predicted octanol–water partition coefficient (Wildman–Crippen LogP) is 3.85. The summed E-state index contributed by atoms with van der Waals surface area (Å²) in [7, 11) is 0. The van der Waals surface area contributed by atoms with E-state index < -0.39 is 0 Å². The third kappa shape index (κ3) is 5.01. The van der Waals surface area contributed by atoms with Crippen LogP contribution in [0.5, 0.6) is 0 Å². The maximum Gasteiger partial charge on any atom is 0.253 e. The fourth-order valence-electron chi connectivity index (χ4n) is 4.80. The Bertz CT molecular complexity index is 954. The molecule has 2 fully saturated rings. The normalized spacial score (nSPS) is 20.6. The minimum atomic E-state index is -0.331. The van der Waals surface area contributed by atoms with E-state index in [0.29, 0.717) is 38.4 Å². The van der Waals surface area contributed by atoms with Crippen LogP contribution in [0.25, 0.3) is 0 Å². The lowest BCUT2D eigenvalue weighted by Gasteiger charge is -2.39. The number of piperidine rings is 1. The van der Waals surface area contributed by atoms with Crippen molar-refractivity contribution in [2.75, 3.05) is 32.8 Å². The van der Waals surface area contributed by atoms with Gasteiger partial charge in [0.05, 0.1) is 5.92 Å². The molecule has 2 amide bonds. The molecule has 32 heavy (non-hydrogen) atoms. The summed E-state index contributed by atoms with van der Waals surface area (Å²) < 4.78 is 19.4. The molecule has 0 saturated carbocycles. The molecule has 1 atom stereocenters. The third-order valence-electron chi connectivity index (χ3n) is 6.87. The molecule has 2 aromatic carbocycles. The van der Waals surface area contributed by atoms with Crippen molar-refractivity contribution in [2.45, 2.75) is 38.0 Å². The zero-order valence-corrected chi connectivity index (χ0v) is 18.6. The second kappa shape index (κ2) is 9.82. The van der Waals surface area contributed by atoms with Gasteiger partial charge in [-0.05, 0) is 62.4 Å². The molecule has 1 unspecified atom stereocenters. The van der Waals surface area contributed by atoms with E-state index in [9.17, 15) is 14.0 Å². The first-order valence-electron chi connectivity index (χ1n) is 11.4. The van der Waals surface area contributed by atoms with Crippen LogP contribution < -0.4 is 5.32 Å². The maximum atomic E-state index is 13.9. The highest BCUT2D eigenvalue weighted by atomic mass is 19.1. The zero-order valence-electron chi connectivity index (χ0n) is 18.6. The molecular formula is C26H31FN2O3. The lowest BCUT2D eigenvalue weighted by atomic mass is 9.74. The molecule has 0 spiro atoms. The number of hydrogen-bond donors (Lipinski definition) is 1. The van der Waals surface area contributed by atoms with Gasteiger partial charge in [0.2, 0.25) is 5.91 Å². The van der Waals surface area contributed by atoms with Crippen molar-refractivity contribution in [3.63, 3.8) is 0 Å². The van der Waals surface area contributed by atoms with Gasteiger partial charge in [-0.2, -0.15) is 0 Å². The lowest BCUT2D eigenvalue weighted by molar-refractivity contribution is -0.126. The molecule has 170 valence electrons. The number of likely N-dealkylation sites (tertiary alicyclic amines) is 1. The van der Waals surface area contributed by atoms with Crippen LogP contribution in [-0.4, -0.2) is 49.6 Å². The van der Waals surface area contributed by atoms with Gasteiger partial charge >= 0.3 is 0 Å². The first-order chi connectivity index (χ1) is 15.5. The smallest absolute Gasteiger partial charge is 0.253 e. The summed E-state index contributed by atoms with van der Waals surface area (Å²) in [6, 6.07) is 14.2. The van der Waals surface area contributed by atoms with E-state index in [0.717, 1.165) is 36.8 Å². The molecule has 0 radical (unpaired) electrons. The second-order valence-electron chi connectivity index (χ2n) is 9.08. The van der Waals surface area contributed by atoms with E-state index in [2.05, 4.69) is 5.32 Å². The molecule has 6 heteroatoms. The number of benzene rings is 2. The number of aryl methyl sites for hydroxylation is 1. The standard InChI is InChI=1S/C26H31FN2O3/c1-19-7-9-20(10-8-19)25(31)29-13-3-4-21(17-29)24(30)28-18-26(11-14-32-15-12-26)22-5-2-6-23(27)16-22/h2,5-10,16,21H,3-4,11-15,17-18H2,1H3,(H,28,30). The number of nitrogens with zero attached hydrogens (tertiary/aromatic N) is 1. The zero-order chi connectivity index (χ0) is 22.6. The monoisotopic (exact) mass is 438 g/mol. The van der Waals surface area contributed by atoms with Crippen molar-refractivity contribution < 1.29 is 18.7 Å². The number of ether oxygens (including phenoxy) is 1. The van der Waals surface area contributed by atoms with Gasteiger partial charge in [0.1, 0.15) is 5.82 Å². The Morgan fingerprint density at radius 1 is 1.16 bits per heavy atom. The summed E-state index contributed by atoms with van der Waals surface area (Å²) in [5.74, 6) is -0.559. The van der Waals surface area contributed by atoms with E-state index in [1.807, 2.05) is 37.3 Å². The molecule has 0 aliphatic carbocycles. The van der Waals surface area contributed by atoms with Crippen LogP contribution >= 0.6 is 0 Å². The number of halogens is 1. The van der Waals surface area contributed by atoms with E-state index in [-0.39, 0.29) is 29.0 Å². The fraction of sp³-hybridized carbons (Fsp3) is 0.462. The molecule has 1 N–H and O–H groups in total. The van der Waals surface area contributed by atoms with Crippen LogP contribution in [0.15, 0.2) is 48.5 Å². The largest absolute Gasteiger partial charge is 0.381 e. The van der Waals surface area contributed by atoms with Crippen LogP contribution in [0.2, 0.25) is 0 Å². The summed E-state index contributed by atoms with van der Waals surface area (Å²) in [5, 5.41) is 3.13. The minimum Gasteiger partial charge on any atom is -0.381 e. The Kier molecular flexibility index (Phi) is 6.89. The van der Waals surface area contributed by atoms with Gasteiger partial charge in [-0.1, -0.05) is 29.8 Å². The highest BCUT2D eigenvalue weighted by molar-refractivity contribution is 5.94. The van der Waals surface area contributed by atoms with Crippen LogP contribution in [0.4, 0.5) is 4.39 Å². The number of hydrogen-bond acceptors (Lipinski definition) is 3. The Hall–Kier alpha value is -2.73. The van der Waals surface area contributed by atoms with Crippen molar-refractivity contribution in [1.29, 1.82) is 0 Å². The number of rotatable bonds is 5. The van der Waals surface area contributed by atoms with Crippen molar-refractivity contribution in [3.05, 3.63) is 71.0 Å². The number of carbonyl (C=O) groups is 2. The predicted molar refractivity (Wildman–Crippen MR) is 121 cm³/mol. The van der Waals surface area contributed by atoms with Crippen molar-refractivity contribution >= 4 is 11.8 Å². The number of carbonyl (C=O) groups excluding carboxylic acids is 2. The van der Waals surface area contributed by atoms with Gasteiger partial charge in [-0.15, -0.1) is 0 Å². The van der Waals surface area contributed by atoms with Gasteiger partial charge in [0.25, 0.3) is 5.91 Å². The molecule has 2 saturated heterocycles. The highest BCUT2D eigenvalue weighted by Gasteiger charge is 2.36. The lowest BCUT2D eigenvalue weighted by Crippen LogP contribution is -2.49. The van der Waals surface area contributed by atoms with E-state index in [1.165, 1.54) is 6.07 Å². The summed E-state index contributed by atoms with van der Waals surface area (Å²) in [6.07, 6.45) is 3.04. The minimum absolute atomic E-state index is 0.0249. The molecule has 2 aliphatic rings. The number of nitrogens with one attached hydrogen (secondary N) is 1. The molecule has 5 nitrogen and oxygen atoms in total.